The van der Waals surface area contributed by atoms with Crippen LogP contribution in [-0.4, -0.2) is 16.9 Å². The lowest BCUT2D eigenvalue weighted by atomic mass is 10.0. The van der Waals surface area contributed by atoms with Crippen LogP contribution in [0.5, 0.6) is 0 Å². The molecule has 0 bridgehead atoms. The van der Waals surface area contributed by atoms with Crippen LogP contribution in [0.2, 0.25) is 5.02 Å². The van der Waals surface area contributed by atoms with Gasteiger partial charge in [0, 0.05) is 0 Å². The zero-order chi connectivity index (χ0) is 17.3. The monoisotopic (exact) mass is 360 g/mol. The molecule has 0 unspecified atom stereocenters. The molecule has 7 heteroatoms. The minimum atomic E-state index is -0.634. The Morgan fingerprint density at radius 2 is 1.67 bits per heavy atom. The normalized spacial score (nSPS) is 16.1. The van der Waals surface area contributed by atoms with Gasteiger partial charge in [-0.3, -0.25) is 15.4 Å². The minimum Gasteiger partial charge on any atom is -0.298 e. The Kier molecular flexibility index (Phi) is 4.42. The number of benzene rings is 2. The first kappa shape index (κ1) is 16.3. The van der Waals surface area contributed by atoms with E-state index in [2.05, 4.69) is 10.6 Å². The van der Waals surface area contributed by atoms with Crippen molar-refractivity contribution in [3.8, 4) is 11.1 Å². The van der Waals surface area contributed by atoms with Gasteiger partial charge in [-0.15, -0.1) is 0 Å². The molecule has 1 aliphatic heterocycles. The number of carbonyl (C=O) groups is 2. The number of hydrogen-bond acceptors (Lipinski definition) is 3. The lowest BCUT2D eigenvalue weighted by Gasteiger charge is -2.16. The highest BCUT2D eigenvalue weighted by Crippen LogP contribution is 2.25. The summed E-state index contributed by atoms with van der Waals surface area (Å²) in [5.74, 6) is -1.02. The second-order valence-corrected chi connectivity index (χ2v) is 5.86. The van der Waals surface area contributed by atoms with E-state index in [1.165, 1.54) is 6.07 Å². The van der Waals surface area contributed by atoms with Gasteiger partial charge < -0.3 is 0 Å². The van der Waals surface area contributed by atoms with Crippen LogP contribution in [0.15, 0.2) is 48.0 Å². The van der Waals surface area contributed by atoms with Gasteiger partial charge in [0.25, 0.3) is 5.91 Å². The van der Waals surface area contributed by atoms with E-state index in [1.807, 2.05) is 12.1 Å². The van der Waals surface area contributed by atoms with E-state index in [-0.39, 0.29) is 15.6 Å². The summed E-state index contributed by atoms with van der Waals surface area (Å²) < 4.78 is 13.2. The van der Waals surface area contributed by atoms with Crippen molar-refractivity contribution in [2.45, 2.75) is 0 Å². The van der Waals surface area contributed by atoms with E-state index in [1.54, 1.807) is 30.3 Å². The van der Waals surface area contributed by atoms with Crippen molar-refractivity contribution in [2.75, 3.05) is 0 Å². The van der Waals surface area contributed by atoms with Gasteiger partial charge in [0.1, 0.15) is 10.8 Å². The van der Waals surface area contributed by atoms with Crippen LogP contribution in [-0.2, 0) is 4.79 Å². The zero-order valence-corrected chi connectivity index (χ0v) is 13.7. The number of thiocarbonyl (C=S) groups is 1. The van der Waals surface area contributed by atoms with E-state index < -0.39 is 17.8 Å². The van der Waals surface area contributed by atoms with E-state index in [4.69, 9.17) is 23.8 Å². The summed E-state index contributed by atoms with van der Waals surface area (Å²) in [7, 11) is 0. The molecule has 2 aromatic carbocycles. The highest BCUT2D eigenvalue weighted by atomic mass is 35.5. The fourth-order valence-corrected chi connectivity index (χ4v) is 2.65. The van der Waals surface area contributed by atoms with Crippen LogP contribution in [0, 0.1) is 5.82 Å². The lowest BCUT2D eigenvalue weighted by molar-refractivity contribution is -0.116. The molecule has 24 heavy (non-hydrogen) atoms. The number of imide groups is 1. The fraction of sp³-hybridized carbons (Fsp3) is 0. The average molecular weight is 361 g/mol. The maximum atomic E-state index is 13.2. The molecule has 0 saturated carbocycles. The molecule has 2 aromatic rings. The highest BCUT2D eigenvalue weighted by molar-refractivity contribution is 7.81. The van der Waals surface area contributed by atoms with Crippen molar-refractivity contribution in [1.29, 1.82) is 0 Å². The van der Waals surface area contributed by atoms with Crippen molar-refractivity contribution >= 4 is 46.8 Å². The molecule has 0 spiro atoms. The molecule has 3 rings (SSSR count). The van der Waals surface area contributed by atoms with E-state index in [9.17, 15) is 14.0 Å². The first-order valence-corrected chi connectivity index (χ1v) is 7.66. The Hall–Kier alpha value is -2.57. The highest BCUT2D eigenvalue weighted by Gasteiger charge is 2.24. The molecule has 0 radical (unpaired) electrons. The summed E-state index contributed by atoms with van der Waals surface area (Å²) in [6.07, 6.45) is 1.58. The van der Waals surface area contributed by atoms with Crippen molar-refractivity contribution in [1.82, 2.24) is 10.6 Å². The molecule has 2 N–H and O–H groups in total. The Bertz CT molecular complexity index is 872. The average Bonchev–Trinajstić information content (AvgIpc) is 2.54. The Balaban J connectivity index is 1.88. The first-order chi connectivity index (χ1) is 11.4. The first-order valence-electron chi connectivity index (χ1n) is 6.88. The van der Waals surface area contributed by atoms with Gasteiger partial charge >= 0.3 is 6.03 Å². The number of nitrogens with one attached hydrogen (secondary N) is 2. The molecule has 1 fully saturated rings. The van der Waals surface area contributed by atoms with Crippen molar-refractivity contribution in [3.05, 3.63) is 64.4 Å². The van der Waals surface area contributed by atoms with E-state index in [0.29, 0.717) is 0 Å². The predicted octanol–water partition coefficient (Wildman–Crippen LogP) is 3.70. The van der Waals surface area contributed by atoms with Gasteiger partial charge in [0.05, 0.1) is 10.6 Å². The number of rotatable bonds is 2. The van der Waals surface area contributed by atoms with Crippen molar-refractivity contribution in [2.24, 2.45) is 0 Å². The quantitative estimate of drug-likeness (QED) is 0.634. The van der Waals surface area contributed by atoms with Crippen LogP contribution < -0.4 is 10.6 Å². The van der Waals surface area contributed by atoms with E-state index in [0.717, 1.165) is 16.7 Å². The second-order valence-electron chi connectivity index (χ2n) is 5.05. The lowest BCUT2D eigenvalue weighted by Crippen LogP contribution is -2.50. The second kappa shape index (κ2) is 6.51. The smallest absolute Gasteiger partial charge is 0.298 e. The number of carbonyl (C=O) groups excluding carboxylic acids is 2. The van der Waals surface area contributed by atoms with Gasteiger partial charge in [-0.2, -0.15) is 0 Å². The Morgan fingerprint density at radius 3 is 2.29 bits per heavy atom. The summed E-state index contributed by atoms with van der Waals surface area (Å²) in [5, 5.41) is 4.56. The minimum absolute atomic E-state index is 0.0543. The van der Waals surface area contributed by atoms with Crippen molar-refractivity contribution < 1.29 is 14.0 Å². The number of amides is 3. The molecule has 1 saturated heterocycles. The number of hydrogen-bond donors (Lipinski definition) is 2. The number of urea groups is 1. The molecule has 1 aliphatic rings. The predicted molar refractivity (Wildman–Crippen MR) is 94.1 cm³/mol. The van der Waals surface area contributed by atoms with Gasteiger partial charge in [0.2, 0.25) is 0 Å². The molecular weight excluding hydrogens is 351 g/mol. The maximum Gasteiger partial charge on any atom is 0.326 e. The topological polar surface area (TPSA) is 58.2 Å². The summed E-state index contributed by atoms with van der Waals surface area (Å²) in [6.45, 7) is 0. The number of halogens is 2. The van der Waals surface area contributed by atoms with Crippen molar-refractivity contribution in [3.63, 3.8) is 0 Å². The van der Waals surface area contributed by atoms with Crippen LogP contribution in [0.1, 0.15) is 5.56 Å². The maximum absolute atomic E-state index is 13.2. The van der Waals surface area contributed by atoms with E-state index >= 15 is 0 Å². The van der Waals surface area contributed by atoms with Gasteiger partial charge in [0.15, 0.2) is 0 Å². The SMILES string of the molecule is O=C1NC(=O)/C(=C\c2ccc(-c3ccc(F)c(Cl)c3)cc2)C(=S)N1. The molecule has 120 valence electrons. The molecule has 4 nitrogen and oxygen atoms in total. The zero-order valence-electron chi connectivity index (χ0n) is 12.1. The third-order valence-corrected chi connectivity index (χ3v) is 4.03. The molecule has 3 amide bonds. The van der Waals surface area contributed by atoms with Crippen LogP contribution in [0.3, 0.4) is 0 Å². The summed E-state index contributed by atoms with van der Waals surface area (Å²) in [4.78, 5) is 23.0. The van der Waals surface area contributed by atoms with Gasteiger partial charge in [-0.25, -0.2) is 9.18 Å². The third-order valence-electron chi connectivity index (χ3n) is 3.42. The summed E-state index contributed by atoms with van der Waals surface area (Å²) in [5.41, 5.74) is 2.57. The Morgan fingerprint density at radius 1 is 1.00 bits per heavy atom. The summed E-state index contributed by atoms with van der Waals surface area (Å²) in [6, 6.07) is 11.1. The fourth-order valence-electron chi connectivity index (χ4n) is 2.22. The molecular formula is C17H10ClFN2O2S. The third kappa shape index (κ3) is 3.34. The van der Waals surface area contributed by atoms with Gasteiger partial charge in [-0.05, 0) is 34.9 Å². The largest absolute Gasteiger partial charge is 0.326 e. The van der Waals surface area contributed by atoms with Crippen LogP contribution in [0.4, 0.5) is 9.18 Å². The molecule has 0 atom stereocenters. The standard InChI is InChI=1S/C17H10ClFN2O2S/c18-13-8-11(5-6-14(13)19)10-3-1-9(2-4-10)7-12-15(22)20-17(23)21-16(12)24/h1-8H,(H2,20,21,22,23,24)/b12-7+. The summed E-state index contributed by atoms with van der Waals surface area (Å²) >= 11 is 10.8. The van der Waals surface area contributed by atoms with Crippen LogP contribution >= 0.6 is 23.8 Å². The molecule has 0 aromatic heterocycles. The molecule has 1 heterocycles. The van der Waals surface area contributed by atoms with Gasteiger partial charge in [-0.1, -0.05) is 54.2 Å². The Labute approximate surface area is 147 Å². The molecule has 0 aliphatic carbocycles. The van der Waals surface area contributed by atoms with Crippen LogP contribution in [0.25, 0.3) is 17.2 Å².